The number of nitrogens with zero attached hydrogens (tertiary/aromatic N) is 4. The fourth-order valence-corrected chi connectivity index (χ4v) is 5.81. The Morgan fingerprint density at radius 1 is 1.13 bits per heavy atom. The molecular weight excluding hydrogens is 412 g/mol. The summed E-state index contributed by atoms with van der Waals surface area (Å²) >= 11 is 1.53. The van der Waals surface area contributed by atoms with Gasteiger partial charge in [-0.1, -0.05) is 6.92 Å². The minimum Gasteiger partial charge on any atom is -0.343 e. The van der Waals surface area contributed by atoms with Crippen LogP contribution >= 0.6 is 11.3 Å². The monoisotopic (exact) mass is 444 g/mol. The fraction of sp³-hybridized carbons (Fsp3) is 0.652. The quantitative estimate of drug-likeness (QED) is 0.727. The number of hydrogen-bond donors (Lipinski definition) is 0. The van der Waals surface area contributed by atoms with Gasteiger partial charge in [0.2, 0.25) is 11.8 Å². The van der Waals surface area contributed by atoms with Crippen molar-refractivity contribution in [3.8, 4) is 0 Å². The summed E-state index contributed by atoms with van der Waals surface area (Å²) in [5, 5.41) is 0.670. The molecule has 1 atom stereocenters. The standard InChI is InChI=1S/C23H32N4O3S/c1-15-5-4-9-26(13-15)22(29)18-6-10-25(11-7-18)19(28)8-12-27-14-24-21-20(23(27)30)16(2)17(3)31-21/h14-15,18H,4-13H2,1-3H3. The van der Waals surface area contributed by atoms with E-state index in [4.69, 9.17) is 0 Å². The number of fused-ring (bicyclic) bond motifs is 1. The Balaban J connectivity index is 1.31. The number of aryl methyl sites for hydroxylation is 3. The van der Waals surface area contributed by atoms with Crippen LogP contribution in [0.25, 0.3) is 10.2 Å². The van der Waals surface area contributed by atoms with E-state index < -0.39 is 0 Å². The molecule has 2 fully saturated rings. The predicted molar refractivity (Wildman–Crippen MR) is 122 cm³/mol. The number of carbonyl (C=O) groups excluding carboxylic acids is 2. The molecule has 0 N–H and O–H groups in total. The minimum absolute atomic E-state index is 0.0355. The molecule has 2 aliphatic rings. The van der Waals surface area contributed by atoms with Crippen LogP contribution in [-0.4, -0.2) is 57.3 Å². The molecule has 2 aromatic rings. The van der Waals surface area contributed by atoms with Crippen LogP contribution in [0.3, 0.4) is 0 Å². The van der Waals surface area contributed by atoms with Crippen molar-refractivity contribution in [2.75, 3.05) is 26.2 Å². The van der Waals surface area contributed by atoms with Crippen molar-refractivity contribution in [1.29, 1.82) is 0 Å². The minimum atomic E-state index is -0.0697. The zero-order valence-corrected chi connectivity index (χ0v) is 19.5. The molecule has 2 aliphatic heterocycles. The second-order valence-electron chi connectivity index (χ2n) is 9.14. The van der Waals surface area contributed by atoms with E-state index >= 15 is 0 Å². The highest BCUT2D eigenvalue weighted by Gasteiger charge is 2.31. The Morgan fingerprint density at radius 3 is 2.58 bits per heavy atom. The number of piperidine rings is 2. The third-order valence-corrected chi connectivity index (χ3v) is 8.00. The molecule has 168 valence electrons. The molecule has 0 aliphatic carbocycles. The van der Waals surface area contributed by atoms with Crippen molar-refractivity contribution in [1.82, 2.24) is 19.4 Å². The van der Waals surface area contributed by atoms with Gasteiger partial charge in [-0.2, -0.15) is 0 Å². The number of rotatable bonds is 4. The lowest BCUT2D eigenvalue weighted by Crippen LogP contribution is -2.47. The lowest BCUT2D eigenvalue weighted by molar-refractivity contribution is -0.142. The maximum atomic E-state index is 12.8. The molecule has 2 aromatic heterocycles. The highest BCUT2D eigenvalue weighted by molar-refractivity contribution is 7.18. The summed E-state index contributed by atoms with van der Waals surface area (Å²) < 4.78 is 1.55. The maximum Gasteiger partial charge on any atom is 0.262 e. The molecule has 4 heterocycles. The van der Waals surface area contributed by atoms with Gasteiger partial charge in [-0.05, 0) is 51.0 Å². The number of carbonyl (C=O) groups is 2. The molecule has 4 rings (SSSR count). The van der Waals surface area contributed by atoms with Crippen molar-refractivity contribution in [2.24, 2.45) is 11.8 Å². The molecule has 2 saturated heterocycles. The molecule has 0 aromatic carbocycles. The van der Waals surface area contributed by atoms with E-state index in [0.29, 0.717) is 30.9 Å². The van der Waals surface area contributed by atoms with Gasteiger partial charge in [0.1, 0.15) is 4.83 Å². The molecule has 0 spiro atoms. The molecule has 2 amide bonds. The number of thiophene rings is 1. The zero-order valence-electron chi connectivity index (χ0n) is 18.7. The van der Waals surface area contributed by atoms with Crippen LogP contribution in [-0.2, 0) is 16.1 Å². The fourth-order valence-electron chi connectivity index (χ4n) is 4.83. The molecule has 0 radical (unpaired) electrons. The largest absolute Gasteiger partial charge is 0.343 e. The van der Waals surface area contributed by atoms with Gasteiger partial charge in [-0.25, -0.2) is 4.98 Å². The summed E-state index contributed by atoms with van der Waals surface area (Å²) in [7, 11) is 0. The Bertz CT molecular complexity index is 1040. The summed E-state index contributed by atoms with van der Waals surface area (Å²) in [4.78, 5) is 48.5. The molecule has 0 saturated carbocycles. The summed E-state index contributed by atoms with van der Waals surface area (Å²) in [5.41, 5.74) is 0.910. The number of aromatic nitrogens is 2. The van der Waals surface area contributed by atoms with Gasteiger partial charge in [-0.15, -0.1) is 11.3 Å². The van der Waals surface area contributed by atoms with E-state index in [-0.39, 0.29) is 29.7 Å². The number of hydrogen-bond acceptors (Lipinski definition) is 5. The smallest absolute Gasteiger partial charge is 0.262 e. The predicted octanol–water partition coefficient (Wildman–Crippen LogP) is 2.96. The van der Waals surface area contributed by atoms with Crippen LogP contribution in [0.1, 0.15) is 49.5 Å². The molecule has 8 heteroatoms. The van der Waals surface area contributed by atoms with E-state index in [1.807, 2.05) is 23.6 Å². The second-order valence-corrected chi connectivity index (χ2v) is 10.3. The average molecular weight is 445 g/mol. The first-order valence-electron chi connectivity index (χ1n) is 11.4. The first-order valence-corrected chi connectivity index (χ1v) is 12.2. The SMILES string of the molecule is Cc1sc2ncn(CCC(=O)N3CCC(C(=O)N4CCCC(C)C4)CC3)c(=O)c2c1C. The molecule has 7 nitrogen and oxygen atoms in total. The average Bonchev–Trinajstić information content (AvgIpc) is 3.07. The number of likely N-dealkylation sites (tertiary alicyclic amines) is 2. The Kier molecular flexibility index (Phi) is 6.46. The lowest BCUT2D eigenvalue weighted by Gasteiger charge is -2.37. The highest BCUT2D eigenvalue weighted by atomic mass is 32.1. The van der Waals surface area contributed by atoms with Gasteiger partial charge in [0.05, 0.1) is 11.7 Å². The zero-order chi connectivity index (χ0) is 22.1. The highest BCUT2D eigenvalue weighted by Crippen LogP contribution is 2.26. The van der Waals surface area contributed by atoms with Gasteiger partial charge in [-0.3, -0.25) is 19.0 Å². The van der Waals surface area contributed by atoms with Crippen LogP contribution in [0.4, 0.5) is 0 Å². The molecule has 31 heavy (non-hydrogen) atoms. The van der Waals surface area contributed by atoms with E-state index in [9.17, 15) is 14.4 Å². The summed E-state index contributed by atoms with van der Waals surface area (Å²) in [5.74, 6) is 0.931. The van der Waals surface area contributed by atoms with Crippen molar-refractivity contribution in [2.45, 2.75) is 59.4 Å². The lowest BCUT2D eigenvalue weighted by atomic mass is 9.92. The first-order chi connectivity index (χ1) is 14.8. The van der Waals surface area contributed by atoms with E-state index in [2.05, 4.69) is 11.9 Å². The molecule has 0 bridgehead atoms. The first kappa shape index (κ1) is 22.0. The molecular formula is C23H32N4O3S. The van der Waals surface area contributed by atoms with Gasteiger partial charge in [0.25, 0.3) is 5.56 Å². The summed E-state index contributed by atoms with van der Waals surface area (Å²) in [6.45, 7) is 9.46. The van der Waals surface area contributed by atoms with Gasteiger partial charge in [0, 0.05) is 49.9 Å². The number of amides is 2. The second kappa shape index (κ2) is 9.10. The van der Waals surface area contributed by atoms with Crippen LogP contribution in [0, 0.1) is 25.7 Å². The van der Waals surface area contributed by atoms with E-state index in [1.54, 1.807) is 10.9 Å². The van der Waals surface area contributed by atoms with E-state index in [0.717, 1.165) is 47.6 Å². The van der Waals surface area contributed by atoms with Crippen LogP contribution in [0.2, 0.25) is 0 Å². The Hall–Kier alpha value is -2.22. The normalized spacial score (nSPS) is 20.4. The third-order valence-electron chi connectivity index (χ3n) is 6.89. The van der Waals surface area contributed by atoms with Crippen LogP contribution < -0.4 is 5.56 Å². The van der Waals surface area contributed by atoms with Crippen molar-refractivity contribution in [3.63, 3.8) is 0 Å². The topological polar surface area (TPSA) is 75.5 Å². The summed E-state index contributed by atoms with van der Waals surface area (Å²) in [6.07, 6.45) is 5.59. The molecule has 1 unspecified atom stereocenters. The van der Waals surface area contributed by atoms with Crippen molar-refractivity contribution in [3.05, 3.63) is 27.1 Å². The van der Waals surface area contributed by atoms with E-state index in [1.165, 1.54) is 17.8 Å². The van der Waals surface area contributed by atoms with Crippen molar-refractivity contribution >= 4 is 33.4 Å². The Morgan fingerprint density at radius 2 is 1.87 bits per heavy atom. The summed E-state index contributed by atoms with van der Waals surface area (Å²) in [6, 6.07) is 0. The van der Waals surface area contributed by atoms with Crippen LogP contribution in [0.5, 0.6) is 0 Å². The van der Waals surface area contributed by atoms with Gasteiger partial charge >= 0.3 is 0 Å². The van der Waals surface area contributed by atoms with Gasteiger partial charge in [0.15, 0.2) is 0 Å². The van der Waals surface area contributed by atoms with Crippen molar-refractivity contribution < 1.29 is 9.59 Å². The Labute approximate surface area is 187 Å². The maximum absolute atomic E-state index is 12.8. The van der Waals surface area contributed by atoms with Crippen LogP contribution in [0.15, 0.2) is 11.1 Å². The van der Waals surface area contributed by atoms with Gasteiger partial charge < -0.3 is 9.80 Å². The third kappa shape index (κ3) is 4.54.